The maximum atomic E-state index is 14.7. The molecule has 0 radical (unpaired) electrons. The fourth-order valence-electron chi connectivity index (χ4n) is 8.88. The highest BCUT2D eigenvalue weighted by molar-refractivity contribution is 7.91. The number of hydrogen-bond acceptors (Lipinski definition) is 9. The molecule has 4 aliphatic carbocycles. The Kier molecular flexibility index (Phi) is 9.90. The average Bonchev–Trinajstić information content (AvgIpc) is 3.62. The molecule has 2 bridgehead atoms. The van der Waals surface area contributed by atoms with E-state index in [4.69, 9.17) is 23.9 Å². The Morgan fingerprint density at radius 1 is 1.02 bits per heavy atom. The van der Waals surface area contributed by atoms with Gasteiger partial charge in [-0.25, -0.2) is 23.2 Å². The van der Waals surface area contributed by atoms with Crippen molar-refractivity contribution in [2.75, 3.05) is 37.9 Å². The van der Waals surface area contributed by atoms with Gasteiger partial charge in [0.2, 0.25) is 5.91 Å². The van der Waals surface area contributed by atoms with Crippen LogP contribution in [0.1, 0.15) is 101 Å². The van der Waals surface area contributed by atoms with E-state index in [0.29, 0.717) is 43.9 Å². The van der Waals surface area contributed by atoms with E-state index in [0.717, 1.165) is 61.1 Å². The predicted octanol–water partition coefficient (Wildman–Crippen LogP) is 7.23. The summed E-state index contributed by atoms with van der Waals surface area (Å²) >= 11 is 0. The number of ether oxygens (including phenoxy) is 2. The van der Waals surface area contributed by atoms with Gasteiger partial charge in [0.1, 0.15) is 29.6 Å². The Morgan fingerprint density at radius 2 is 1.71 bits per heavy atom. The summed E-state index contributed by atoms with van der Waals surface area (Å²) < 4.78 is 40.6. The lowest BCUT2D eigenvalue weighted by Gasteiger charge is -2.55. The molecule has 52 heavy (non-hydrogen) atoms. The molecule has 5 aliphatic rings. The number of aromatic nitrogens is 2. The summed E-state index contributed by atoms with van der Waals surface area (Å²) in [4.78, 5) is 40.3. The molecule has 0 N–H and O–H groups in total. The summed E-state index contributed by atoms with van der Waals surface area (Å²) in [6, 6.07) is 10.5. The maximum absolute atomic E-state index is 14.7. The summed E-state index contributed by atoms with van der Waals surface area (Å²) in [7, 11) is -1.46. The number of carbonyl (C=O) groups is 2. The zero-order valence-corrected chi connectivity index (χ0v) is 31.9. The van der Waals surface area contributed by atoms with Crippen molar-refractivity contribution in [3.05, 3.63) is 59.8 Å². The standard InChI is InChI=1S/C40H52N4O7S/c1-26(2)36-42-33(24-50-36)29-12-19-41-35(21-29)44(25-39-13-16-40(17-14-39,18-15-39)30-8-11-34(49-4)27(3)20-30)37(45)28-6-9-31(10-7-28)51-38(46)43-22-32(23-43)52(5,47)48/h8,11-12,19-21,24,26,28,31-32H,6-7,9-10,13-18,22-23,25H2,1-5H3/t28-,31-,39?,40?. The van der Waals surface area contributed by atoms with Crippen LogP contribution in [0.15, 0.2) is 47.2 Å². The van der Waals surface area contributed by atoms with Crippen LogP contribution in [0.2, 0.25) is 0 Å². The number of likely N-dealkylation sites (tertiary alicyclic amines) is 1. The summed E-state index contributed by atoms with van der Waals surface area (Å²) in [5.41, 5.74) is 4.31. The zero-order chi connectivity index (χ0) is 36.8. The summed E-state index contributed by atoms with van der Waals surface area (Å²) in [6.07, 6.45) is 12.6. The number of amides is 2. The van der Waals surface area contributed by atoms with Crippen LogP contribution in [0, 0.1) is 18.3 Å². The van der Waals surface area contributed by atoms with Crippen molar-refractivity contribution in [2.24, 2.45) is 11.3 Å². The Morgan fingerprint density at radius 3 is 2.31 bits per heavy atom. The van der Waals surface area contributed by atoms with Gasteiger partial charge >= 0.3 is 6.09 Å². The smallest absolute Gasteiger partial charge is 0.410 e. The van der Waals surface area contributed by atoms with Crippen LogP contribution in [-0.2, 0) is 24.8 Å². The van der Waals surface area contributed by atoms with Gasteiger partial charge in [0.05, 0.1) is 12.4 Å². The first-order chi connectivity index (χ1) is 24.8. The van der Waals surface area contributed by atoms with Crippen molar-refractivity contribution in [2.45, 2.75) is 108 Å². The van der Waals surface area contributed by atoms with E-state index in [1.807, 2.05) is 30.9 Å². The first kappa shape index (κ1) is 36.4. The molecule has 3 heterocycles. The van der Waals surface area contributed by atoms with Crippen LogP contribution in [-0.4, -0.2) is 79.6 Å². The Labute approximate surface area is 307 Å². The number of sulfone groups is 1. The predicted molar refractivity (Wildman–Crippen MR) is 198 cm³/mol. The maximum Gasteiger partial charge on any atom is 0.410 e. The van der Waals surface area contributed by atoms with Gasteiger partial charge in [-0.05, 0) is 111 Å². The van der Waals surface area contributed by atoms with Gasteiger partial charge < -0.3 is 18.8 Å². The van der Waals surface area contributed by atoms with Crippen LogP contribution >= 0.6 is 0 Å². The molecule has 5 fully saturated rings. The number of nitrogens with zero attached hydrogens (tertiary/aromatic N) is 4. The van der Waals surface area contributed by atoms with Crippen molar-refractivity contribution in [3.8, 4) is 17.0 Å². The van der Waals surface area contributed by atoms with E-state index in [9.17, 15) is 18.0 Å². The van der Waals surface area contributed by atoms with Crippen LogP contribution in [0.3, 0.4) is 0 Å². The molecule has 8 rings (SSSR count). The van der Waals surface area contributed by atoms with Gasteiger partial charge in [0.25, 0.3) is 0 Å². The average molecular weight is 733 g/mol. The molecule has 3 aromatic rings. The Balaban J connectivity index is 1.07. The van der Waals surface area contributed by atoms with Crippen LogP contribution < -0.4 is 9.64 Å². The number of anilines is 1. The fraction of sp³-hybridized carbons (Fsp3) is 0.600. The molecular formula is C40H52N4O7S. The van der Waals surface area contributed by atoms with Crippen molar-refractivity contribution in [1.82, 2.24) is 14.9 Å². The molecule has 12 heteroatoms. The molecular weight excluding hydrogens is 681 g/mol. The van der Waals surface area contributed by atoms with Crippen LogP contribution in [0.25, 0.3) is 11.3 Å². The molecule has 0 atom stereocenters. The second kappa shape index (κ2) is 14.1. The first-order valence-electron chi connectivity index (χ1n) is 18.8. The van der Waals surface area contributed by atoms with E-state index >= 15 is 0 Å². The van der Waals surface area contributed by atoms with E-state index in [1.165, 1.54) is 16.7 Å². The van der Waals surface area contributed by atoms with Crippen LogP contribution in [0.4, 0.5) is 10.6 Å². The SMILES string of the molecule is COc1ccc(C23CCC(CN(c4cc(-c5coc(C(C)C)n5)ccn4)C(=O)[C@H]4CC[C@H](OC(=O)N5CC(S(C)(=O)=O)C5)CC4)(CC2)CC3)cc1C. The van der Waals surface area contributed by atoms with E-state index in [1.54, 1.807) is 19.6 Å². The first-order valence-corrected chi connectivity index (χ1v) is 20.8. The molecule has 11 nitrogen and oxygen atoms in total. The molecule has 0 spiro atoms. The highest BCUT2D eigenvalue weighted by Gasteiger charge is 2.51. The molecule has 280 valence electrons. The molecule has 0 unspecified atom stereocenters. The number of hydrogen-bond donors (Lipinski definition) is 0. The van der Waals surface area contributed by atoms with E-state index < -0.39 is 21.2 Å². The second-order valence-corrected chi connectivity index (χ2v) is 18.6. The third-order valence-electron chi connectivity index (χ3n) is 12.5. The van der Waals surface area contributed by atoms with Crippen molar-refractivity contribution < 1.29 is 31.9 Å². The minimum absolute atomic E-state index is 0.00307. The Bertz CT molecular complexity index is 1880. The number of pyridine rings is 1. The molecule has 1 aliphatic heterocycles. The van der Waals surface area contributed by atoms with Gasteiger partial charge in [0, 0.05) is 49.5 Å². The number of aryl methyl sites for hydroxylation is 1. The van der Waals surface area contributed by atoms with Crippen molar-refractivity contribution in [3.63, 3.8) is 0 Å². The normalized spacial score (nSPS) is 26.2. The largest absolute Gasteiger partial charge is 0.496 e. The van der Waals surface area contributed by atoms with Crippen molar-refractivity contribution in [1.29, 1.82) is 0 Å². The number of methoxy groups -OCH3 is 1. The lowest BCUT2D eigenvalue weighted by molar-refractivity contribution is -0.124. The van der Waals surface area contributed by atoms with Crippen molar-refractivity contribution >= 4 is 27.7 Å². The molecule has 2 aromatic heterocycles. The number of fused-ring (bicyclic) bond motifs is 3. The monoisotopic (exact) mass is 732 g/mol. The number of rotatable bonds is 10. The van der Waals surface area contributed by atoms with Crippen LogP contribution in [0.5, 0.6) is 5.75 Å². The lowest BCUT2D eigenvalue weighted by atomic mass is 9.51. The van der Waals surface area contributed by atoms with Gasteiger partial charge in [-0.3, -0.25) is 9.69 Å². The molecule has 4 saturated carbocycles. The third kappa shape index (κ3) is 7.19. The number of oxazole rings is 1. The summed E-state index contributed by atoms with van der Waals surface area (Å²) in [5, 5.41) is -0.524. The van der Waals surface area contributed by atoms with Gasteiger partial charge in [-0.1, -0.05) is 26.0 Å². The minimum Gasteiger partial charge on any atom is -0.496 e. The highest BCUT2D eigenvalue weighted by atomic mass is 32.2. The van der Waals surface area contributed by atoms with Gasteiger partial charge in [0.15, 0.2) is 15.7 Å². The fourth-order valence-corrected chi connectivity index (χ4v) is 9.78. The second-order valence-electron chi connectivity index (χ2n) is 16.2. The third-order valence-corrected chi connectivity index (χ3v) is 14.0. The molecule has 2 amide bonds. The molecule has 1 saturated heterocycles. The van der Waals surface area contributed by atoms with E-state index in [2.05, 4.69) is 25.1 Å². The topological polar surface area (TPSA) is 132 Å². The lowest BCUT2D eigenvalue weighted by Crippen LogP contribution is -2.57. The van der Waals surface area contributed by atoms with E-state index in [-0.39, 0.29) is 47.8 Å². The summed E-state index contributed by atoms with van der Waals surface area (Å²) in [6.45, 7) is 7.15. The van der Waals surface area contributed by atoms with Gasteiger partial charge in [-0.2, -0.15) is 0 Å². The Hall–Kier alpha value is -3.93. The summed E-state index contributed by atoms with van der Waals surface area (Å²) in [5.74, 6) is 2.22. The molecule has 1 aromatic carbocycles. The zero-order valence-electron chi connectivity index (χ0n) is 31.1. The quantitative estimate of drug-likeness (QED) is 0.212. The van der Waals surface area contributed by atoms with Gasteiger partial charge in [-0.15, -0.1) is 0 Å². The number of benzene rings is 1. The number of carbonyl (C=O) groups excluding carboxylic acids is 2. The highest BCUT2D eigenvalue weighted by Crippen LogP contribution is 2.58. The minimum atomic E-state index is -3.18.